The van der Waals surface area contributed by atoms with Crippen molar-refractivity contribution in [2.24, 2.45) is 0 Å². The number of benzene rings is 2. The molecule has 2 nitrogen and oxygen atoms in total. The van der Waals surface area contributed by atoms with Crippen LogP contribution in [0.15, 0.2) is 66.7 Å². The van der Waals surface area contributed by atoms with Gasteiger partial charge in [-0.2, -0.15) is 0 Å². The fourth-order valence-corrected chi connectivity index (χ4v) is 3.21. The summed E-state index contributed by atoms with van der Waals surface area (Å²) < 4.78 is 0. The fourth-order valence-electron chi connectivity index (χ4n) is 2.29. The van der Waals surface area contributed by atoms with Crippen molar-refractivity contribution in [3.8, 4) is 10.4 Å². The first-order valence-electron chi connectivity index (χ1n) is 7.83. The van der Waals surface area contributed by atoms with Crippen LogP contribution in [0.1, 0.15) is 16.0 Å². The zero-order valence-corrected chi connectivity index (χ0v) is 14.6. The van der Waals surface area contributed by atoms with Crippen molar-refractivity contribution in [2.75, 3.05) is 5.32 Å². The van der Waals surface area contributed by atoms with E-state index < -0.39 is 0 Å². The highest BCUT2D eigenvalue weighted by molar-refractivity contribution is 7.16. The van der Waals surface area contributed by atoms with Crippen LogP contribution in [-0.4, -0.2) is 5.91 Å². The molecule has 0 bridgehead atoms. The van der Waals surface area contributed by atoms with E-state index >= 15 is 0 Å². The SMILES string of the molecule is Cc1ccc(NC(=O)C=Cc2ccc(-c3ccc(C)cc3)s2)cc1. The fraction of sp³-hybridized carbons (Fsp3) is 0.0952. The van der Waals surface area contributed by atoms with Gasteiger partial charge < -0.3 is 5.32 Å². The average molecular weight is 333 g/mol. The zero-order valence-electron chi connectivity index (χ0n) is 13.7. The Balaban J connectivity index is 1.65. The van der Waals surface area contributed by atoms with Crippen LogP contribution in [0.2, 0.25) is 0 Å². The normalized spacial score (nSPS) is 10.9. The summed E-state index contributed by atoms with van der Waals surface area (Å²) in [5.74, 6) is -0.121. The third-order valence-electron chi connectivity index (χ3n) is 3.68. The molecular weight excluding hydrogens is 314 g/mol. The van der Waals surface area contributed by atoms with Crippen LogP contribution in [-0.2, 0) is 4.79 Å². The standard InChI is InChI=1S/C21H19NOS/c1-15-3-7-17(8-4-15)20-13-11-19(24-20)12-14-21(23)22-18-9-5-16(2)6-10-18/h3-14H,1-2H3,(H,22,23). The Morgan fingerprint density at radius 2 is 1.50 bits per heavy atom. The third kappa shape index (κ3) is 4.21. The molecule has 0 aliphatic carbocycles. The molecule has 0 fully saturated rings. The third-order valence-corrected chi connectivity index (χ3v) is 4.78. The van der Waals surface area contributed by atoms with Crippen LogP contribution in [0, 0.1) is 13.8 Å². The van der Waals surface area contributed by atoms with Crippen molar-refractivity contribution in [1.29, 1.82) is 0 Å². The Morgan fingerprint density at radius 3 is 2.17 bits per heavy atom. The van der Waals surface area contributed by atoms with Gasteiger partial charge in [0.2, 0.25) is 5.91 Å². The van der Waals surface area contributed by atoms with E-state index in [1.165, 1.54) is 21.6 Å². The predicted octanol–water partition coefficient (Wildman–Crippen LogP) is 5.68. The van der Waals surface area contributed by atoms with Crippen LogP contribution in [0.25, 0.3) is 16.5 Å². The summed E-state index contributed by atoms with van der Waals surface area (Å²) >= 11 is 1.68. The van der Waals surface area contributed by atoms with Gasteiger partial charge in [0.25, 0.3) is 0 Å². The van der Waals surface area contributed by atoms with Crippen LogP contribution < -0.4 is 5.32 Å². The molecule has 3 rings (SSSR count). The molecule has 1 heterocycles. The second kappa shape index (κ2) is 7.28. The van der Waals surface area contributed by atoms with Gasteiger partial charge in [0.05, 0.1) is 0 Å². The first-order valence-corrected chi connectivity index (χ1v) is 8.64. The monoisotopic (exact) mass is 333 g/mol. The molecule has 0 radical (unpaired) electrons. The Kier molecular flexibility index (Phi) is 4.92. The number of aryl methyl sites for hydroxylation is 2. The number of rotatable bonds is 4. The van der Waals surface area contributed by atoms with Crippen molar-refractivity contribution in [1.82, 2.24) is 0 Å². The molecule has 0 spiro atoms. The number of hydrogen-bond acceptors (Lipinski definition) is 2. The molecule has 0 aliphatic rings. The number of carbonyl (C=O) groups excluding carboxylic acids is 1. The maximum absolute atomic E-state index is 12.0. The highest BCUT2D eigenvalue weighted by Gasteiger charge is 2.02. The minimum Gasteiger partial charge on any atom is -0.323 e. The summed E-state index contributed by atoms with van der Waals surface area (Å²) in [6, 6.07) is 20.4. The van der Waals surface area contributed by atoms with E-state index in [4.69, 9.17) is 0 Å². The second-order valence-corrected chi connectivity index (χ2v) is 6.87. The van der Waals surface area contributed by atoms with Crippen LogP contribution in [0.3, 0.4) is 0 Å². The molecule has 0 unspecified atom stereocenters. The molecule has 24 heavy (non-hydrogen) atoms. The van der Waals surface area contributed by atoms with Gasteiger partial charge in [-0.3, -0.25) is 4.79 Å². The van der Waals surface area contributed by atoms with Gasteiger partial charge in [-0.25, -0.2) is 0 Å². The Hall–Kier alpha value is -2.65. The van der Waals surface area contributed by atoms with Crippen LogP contribution in [0.5, 0.6) is 0 Å². The minimum absolute atomic E-state index is 0.121. The second-order valence-electron chi connectivity index (χ2n) is 5.76. The molecule has 120 valence electrons. The van der Waals surface area contributed by atoms with Crippen LogP contribution in [0.4, 0.5) is 5.69 Å². The number of amides is 1. The van der Waals surface area contributed by atoms with Gasteiger partial charge in [-0.1, -0.05) is 47.5 Å². The van der Waals surface area contributed by atoms with E-state index in [-0.39, 0.29) is 5.91 Å². The van der Waals surface area contributed by atoms with Crippen LogP contribution >= 0.6 is 11.3 Å². The summed E-state index contributed by atoms with van der Waals surface area (Å²) in [5.41, 5.74) is 4.44. The Morgan fingerprint density at radius 1 is 0.875 bits per heavy atom. The molecule has 3 heteroatoms. The van der Waals surface area contributed by atoms with E-state index in [0.29, 0.717) is 0 Å². The zero-order chi connectivity index (χ0) is 16.9. The molecule has 1 N–H and O–H groups in total. The lowest BCUT2D eigenvalue weighted by molar-refractivity contribution is -0.111. The predicted molar refractivity (Wildman–Crippen MR) is 103 cm³/mol. The number of nitrogens with one attached hydrogen (secondary N) is 1. The molecule has 0 saturated heterocycles. The summed E-state index contributed by atoms with van der Waals surface area (Å²) in [7, 11) is 0. The van der Waals surface area contributed by atoms with E-state index in [1.54, 1.807) is 17.4 Å². The topological polar surface area (TPSA) is 29.1 Å². The first-order chi connectivity index (χ1) is 11.6. The van der Waals surface area contributed by atoms with Gasteiger partial charge in [0.15, 0.2) is 0 Å². The maximum Gasteiger partial charge on any atom is 0.248 e. The summed E-state index contributed by atoms with van der Waals surface area (Å²) in [6.45, 7) is 4.10. The highest BCUT2D eigenvalue weighted by atomic mass is 32.1. The smallest absolute Gasteiger partial charge is 0.248 e. The summed E-state index contributed by atoms with van der Waals surface area (Å²) in [5, 5.41) is 2.86. The van der Waals surface area contributed by atoms with Crippen molar-refractivity contribution in [2.45, 2.75) is 13.8 Å². The van der Waals surface area contributed by atoms with Gasteiger partial charge in [0, 0.05) is 21.5 Å². The first kappa shape index (κ1) is 16.2. The van der Waals surface area contributed by atoms with Crippen molar-refractivity contribution in [3.05, 3.63) is 82.7 Å². The molecule has 0 saturated carbocycles. The molecule has 0 aliphatic heterocycles. The van der Waals surface area contributed by atoms with Crippen molar-refractivity contribution < 1.29 is 4.79 Å². The molecule has 2 aromatic carbocycles. The molecular formula is C21H19NOS. The number of anilines is 1. The lowest BCUT2D eigenvalue weighted by atomic mass is 10.1. The van der Waals surface area contributed by atoms with E-state index in [9.17, 15) is 4.79 Å². The van der Waals surface area contributed by atoms with Crippen molar-refractivity contribution >= 4 is 29.0 Å². The quantitative estimate of drug-likeness (QED) is 0.611. The lowest BCUT2D eigenvalue weighted by Crippen LogP contribution is -2.07. The summed E-state index contributed by atoms with van der Waals surface area (Å²) in [6.07, 6.45) is 3.43. The van der Waals surface area contributed by atoms with Gasteiger partial charge in [-0.15, -0.1) is 11.3 Å². The largest absolute Gasteiger partial charge is 0.323 e. The lowest BCUT2D eigenvalue weighted by Gasteiger charge is -2.01. The highest BCUT2D eigenvalue weighted by Crippen LogP contribution is 2.29. The van der Waals surface area contributed by atoms with Crippen molar-refractivity contribution in [3.63, 3.8) is 0 Å². The van der Waals surface area contributed by atoms with Gasteiger partial charge in [-0.05, 0) is 49.8 Å². The summed E-state index contributed by atoms with van der Waals surface area (Å²) in [4.78, 5) is 14.3. The molecule has 0 atom stereocenters. The van der Waals surface area contributed by atoms with E-state index in [2.05, 4.69) is 42.6 Å². The minimum atomic E-state index is -0.121. The number of carbonyl (C=O) groups is 1. The Labute approximate surface area is 146 Å². The maximum atomic E-state index is 12.0. The molecule has 1 aromatic heterocycles. The molecule has 1 amide bonds. The molecule has 3 aromatic rings. The van der Waals surface area contributed by atoms with E-state index in [0.717, 1.165) is 10.6 Å². The Bertz CT molecular complexity index is 858. The number of thiophene rings is 1. The van der Waals surface area contributed by atoms with Gasteiger partial charge in [0.1, 0.15) is 0 Å². The van der Waals surface area contributed by atoms with E-state index in [1.807, 2.05) is 43.3 Å². The van der Waals surface area contributed by atoms with Gasteiger partial charge >= 0.3 is 0 Å². The number of hydrogen-bond donors (Lipinski definition) is 1. The average Bonchev–Trinajstić information content (AvgIpc) is 3.05.